The molecule has 0 aliphatic carbocycles. The number of alkyl halides is 3. The Balaban J connectivity index is 0.00000164. The smallest absolute Gasteiger partial charge is 0.281 e. The zero-order chi connectivity index (χ0) is 27.1. The zero-order valence-electron chi connectivity index (χ0n) is 21.3. The van der Waals surface area contributed by atoms with E-state index in [9.17, 15) is 13.6 Å². The summed E-state index contributed by atoms with van der Waals surface area (Å²) in [4.78, 5) is 40.1. The van der Waals surface area contributed by atoms with Gasteiger partial charge in [0.05, 0.1) is 18.8 Å². The molecule has 2 aromatic heterocycles. The number of morpholine rings is 1. The predicted molar refractivity (Wildman–Crippen MR) is 139 cm³/mol. The molecule has 0 unspecified atom stereocenters. The van der Waals surface area contributed by atoms with Crippen molar-refractivity contribution in [1.82, 2.24) is 35.1 Å². The Morgan fingerprint density at radius 1 is 1.00 bits per heavy atom. The molecule has 0 aromatic carbocycles. The van der Waals surface area contributed by atoms with Crippen molar-refractivity contribution in [2.24, 2.45) is 5.92 Å². The number of nitrogen functional groups attached to an aromatic ring is 1. The highest BCUT2D eigenvalue weighted by Gasteiger charge is 2.30. The fourth-order valence-corrected chi connectivity index (χ4v) is 4.72. The molecule has 5 rings (SSSR count). The normalized spacial score (nSPS) is 18.8. The summed E-state index contributed by atoms with van der Waals surface area (Å²) in [5.74, 6) is 0.821. The number of carbonyl (C=O) groups excluding carboxylic acids is 1. The van der Waals surface area contributed by atoms with Crippen LogP contribution in [0.4, 0.5) is 26.6 Å². The number of amides is 1. The van der Waals surface area contributed by atoms with Gasteiger partial charge in [0.15, 0.2) is 5.82 Å². The molecule has 3 aliphatic rings. The number of halogens is 3. The van der Waals surface area contributed by atoms with E-state index in [1.807, 2.05) is 14.7 Å². The molecule has 0 saturated carbocycles. The molecule has 3 aliphatic heterocycles. The minimum absolute atomic E-state index is 0.0112. The lowest BCUT2D eigenvalue weighted by Gasteiger charge is -2.37. The number of nitrogens with zero attached hydrogens (tertiary/aromatic N) is 8. The topological polar surface area (TPSA) is 139 Å². The molecule has 15 heteroatoms. The first-order valence-corrected chi connectivity index (χ1v) is 13.4. The minimum atomic E-state index is -2.87. The van der Waals surface area contributed by atoms with Gasteiger partial charge in [-0.05, 0) is 25.9 Å². The number of hydrogen-bond acceptors (Lipinski definition) is 11. The Morgan fingerprint density at radius 3 is 2.21 bits per heavy atom. The van der Waals surface area contributed by atoms with E-state index < -0.39 is 12.1 Å². The molecule has 0 bridgehead atoms. The van der Waals surface area contributed by atoms with Gasteiger partial charge in [-0.1, -0.05) is 0 Å². The number of rotatable bonds is 5. The first kappa shape index (κ1) is 28.0. The SMILES string of the molecule is CCl.Nc1ncc(-c2nc(N3CCOCC3)nc(N3CCN(C(=O)C4CCNCC4)CC3)n2)c(C(F)F)n1. The van der Waals surface area contributed by atoms with Crippen LogP contribution in [0.1, 0.15) is 25.0 Å². The molecule has 0 atom stereocenters. The summed E-state index contributed by atoms with van der Waals surface area (Å²) in [6.07, 6.45) is 1.53. The number of carbonyl (C=O) groups is 1. The molecule has 3 saturated heterocycles. The highest BCUT2D eigenvalue weighted by atomic mass is 35.5. The van der Waals surface area contributed by atoms with Crippen LogP contribution < -0.4 is 20.9 Å². The van der Waals surface area contributed by atoms with Crippen molar-refractivity contribution in [3.8, 4) is 11.4 Å². The van der Waals surface area contributed by atoms with E-state index in [2.05, 4.69) is 41.8 Å². The average Bonchev–Trinajstić information content (AvgIpc) is 2.98. The quantitative estimate of drug-likeness (QED) is 0.515. The number of piperidine rings is 1. The maximum Gasteiger partial charge on any atom is 0.281 e. The van der Waals surface area contributed by atoms with Gasteiger partial charge in [-0.2, -0.15) is 15.0 Å². The van der Waals surface area contributed by atoms with Gasteiger partial charge in [-0.15, -0.1) is 11.6 Å². The predicted octanol–water partition coefficient (Wildman–Crippen LogP) is 1.19. The summed E-state index contributed by atoms with van der Waals surface area (Å²) in [6.45, 7) is 6.05. The van der Waals surface area contributed by atoms with Crippen molar-refractivity contribution in [1.29, 1.82) is 0 Å². The highest BCUT2D eigenvalue weighted by molar-refractivity contribution is 6.15. The lowest BCUT2D eigenvalue weighted by atomic mass is 9.96. The molecule has 12 nitrogen and oxygen atoms in total. The van der Waals surface area contributed by atoms with Crippen molar-refractivity contribution in [2.45, 2.75) is 19.3 Å². The van der Waals surface area contributed by atoms with Gasteiger partial charge in [-0.25, -0.2) is 18.7 Å². The van der Waals surface area contributed by atoms with Gasteiger partial charge in [-0.3, -0.25) is 4.79 Å². The standard InChI is InChI=1S/C22H30F2N10O2.CH3Cl/c23-17(24)16-15(13-27-20(25)28-16)18-29-21(31-22(30-18)34-9-11-36-12-10-34)33-7-5-32(6-8-33)19(35)14-1-3-26-4-2-14;1-2/h13-14,17,26H,1-12H2,(H2,25,27,28);1H3. The maximum absolute atomic E-state index is 13.8. The third-order valence-corrected chi connectivity index (χ3v) is 6.75. The van der Waals surface area contributed by atoms with Crippen LogP contribution in [0.2, 0.25) is 0 Å². The Bertz CT molecular complexity index is 1080. The highest BCUT2D eigenvalue weighted by Crippen LogP contribution is 2.30. The van der Waals surface area contributed by atoms with Crippen LogP contribution in [0.15, 0.2) is 6.20 Å². The van der Waals surface area contributed by atoms with E-state index in [0.717, 1.165) is 25.9 Å². The van der Waals surface area contributed by atoms with Gasteiger partial charge in [0.1, 0.15) is 5.69 Å². The molecular weight excluding hydrogens is 522 g/mol. The molecule has 3 fully saturated rings. The monoisotopic (exact) mass is 554 g/mol. The lowest BCUT2D eigenvalue weighted by Crippen LogP contribution is -2.52. The van der Waals surface area contributed by atoms with Crippen molar-refractivity contribution in [2.75, 3.05) is 87.5 Å². The fraction of sp³-hybridized carbons (Fsp3) is 0.652. The molecule has 5 heterocycles. The van der Waals surface area contributed by atoms with E-state index in [1.165, 1.54) is 12.6 Å². The Labute approximate surface area is 224 Å². The van der Waals surface area contributed by atoms with Gasteiger partial charge < -0.3 is 30.5 Å². The summed E-state index contributed by atoms with van der Waals surface area (Å²) in [7, 11) is 0. The molecule has 2 aromatic rings. The Kier molecular flexibility index (Phi) is 9.74. The molecule has 208 valence electrons. The van der Waals surface area contributed by atoms with Crippen molar-refractivity contribution in [3.63, 3.8) is 0 Å². The minimum Gasteiger partial charge on any atom is -0.378 e. The summed E-state index contributed by atoms with van der Waals surface area (Å²) in [6, 6.07) is 0. The van der Waals surface area contributed by atoms with Crippen LogP contribution in [0.3, 0.4) is 0 Å². The summed E-state index contributed by atoms with van der Waals surface area (Å²) >= 11 is 4.64. The second-order valence-electron chi connectivity index (χ2n) is 9.02. The van der Waals surface area contributed by atoms with E-state index >= 15 is 0 Å². The fourth-order valence-electron chi connectivity index (χ4n) is 4.72. The molecule has 3 N–H and O–H groups in total. The lowest BCUT2D eigenvalue weighted by molar-refractivity contribution is -0.136. The van der Waals surface area contributed by atoms with Crippen LogP contribution in [-0.4, -0.2) is 108 Å². The van der Waals surface area contributed by atoms with Crippen molar-refractivity contribution in [3.05, 3.63) is 11.9 Å². The second-order valence-corrected chi connectivity index (χ2v) is 9.02. The number of aromatic nitrogens is 5. The van der Waals surface area contributed by atoms with E-state index in [4.69, 9.17) is 10.5 Å². The van der Waals surface area contributed by atoms with Gasteiger partial charge in [0, 0.05) is 57.8 Å². The Hall–Kier alpha value is -2.97. The second kappa shape index (κ2) is 13.2. The zero-order valence-corrected chi connectivity index (χ0v) is 22.1. The largest absolute Gasteiger partial charge is 0.378 e. The summed E-state index contributed by atoms with van der Waals surface area (Å²) in [5, 5.41) is 3.29. The van der Waals surface area contributed by atoms with Gasteiger partial charge in [0.2, 0.25) is 23.8 Å². The van der Waals surface area contributed by atoms with Crippen LogP contribution in [0.5, 0.6) is 0 Å². The van der Waals surface area contributed by atoms with E-state index in [-0.39, 0.29) is 29.2 Å². The molecule has 38 heavy (non-hydrogen) atoms. The van der Waals surface area contributed by atoms with Crippen LogP contribution in [-0.2, 0) is 9.53 Å². The number of nitrogens with one attached hydrogen (secondary N) is 1. The van der Waals surface area contributed by atoms with Gasteiger partial charge >= 0.3 is 0 Å². The summed E-state index contributed by atoms with van der Waals surface area (Å²) in [5.41, 5.74) is 5.04. The van der Waals surface area contributed by atoms with Crippen LogP contribution >= 0.6 is 11.6 Å². The third-order valence-electron chi connectivity index (χ3n) is 6.75. The molecule has 0 spiro atoms. The molecular formula is C23H33ClF2N10O2. The van der Waals surface area contributed by atoms with Crippen molar-refractivity contribution >= 4 is 35.4 Å². The number of nitrogens with two attached hydrogens (primary N) is 1. The van der Waals surface area contributed by atoms with E-state index in [1.54, 1.807) is 0 Å². The van der Waals surface area contributed by atoms with Crippen LogP contribution in [0, 0.1) is 5.92 Å². The van der Waals surface area contributed by atoms with Crippen molar-refractivity contribution < 1.29 is 18.3 Å². The maximum atomic E-state index is 13.8. The number of anilines is 3. The Morgan fingerprint density at radius 2 is 1.61 bits per heavy atom. The third kappa shape index (κ3) is 6.53. The first-order chi connectivity index (χ1) is 18.5. The number of piperazine rings is 1. The van der Waals surface area contributed by atoms with E-state index in [0.29, 0.717) is 64.4 Å². The number of hydrogen-bond donors (Lipinski definition) is 2. The molecule has 1 amide bonds. The van der Waals surface area contributed by atoms with Crippen LogP contribution in [0.25, 0.3) is 11.4 Å². The number of ether oxygens (including phenoxy) is 1. The first-order valence-electron chi connectivity index (χ1n) is 12.6. The summed E-state index contributed by atoms with van der Waals surface area (Å²) < 4.78 is 33.0. The van der Waals surface area contributed by atoms with Gasteiger partial charge in [0.25, 0.3) is 6.43 Å². The average molecular weight is 555 g/mol. The molecule has 0 radical (unpaired) electrons.